The molecule has 5 nitrogen and oxygen atoms in total. The normalized spacial score (nSPS) is 19.4. The molecule has 142 valence electrons. The molecule has 0 spiro atoms. The maximum absolute atomic E-state index is 5.49. The molecule has 1 saturated heterocycles. The Kier molecular flexibility index (Phi) is 4.85. The number of nitrogens with zero attached hydrogens (tertiary/aromatic N) is 2. The summed E-state index contributed by atoms with van der Waals surface area (Å²) in [5.41, 5.74) is 1.26. The molecule has 1 aliphatic heterocycles. The molecule has 2 fully saturated rings. The van der Waals surface area contributed by atoms with Crippen molar-refractivity contribution in [3.05, 3.63) is 28.7 Å². The van der Waals surface area contributed by atoms with Crippen LogP contribution in [0, 0.1) is 5.92 Å². The molecule has 5 rings (SSSR count). The van der Waals surface area contributed by atoms with Crippen molar-refractivity contribution in [2.75, 3.05) is 31.6 Å². The average molecular weight is 402 g/mol. The molecule has 0 amide bonds. The molecule has 1 saturated carbocycles. The van der Waals surface area contributed by atoms with Gasteiger partial charge in [-0.1, -0.05) is 6.07 Å². The van der Waals surface area contributed by atoms with Gasteiger partial charge in [-0.3, -0.25) is 0 Å². The first-order chi connectivity index (χ1) is 13.3. The van der Waals surface area contributed by atoms with Gasteiger partial charge in [0.05, 0.1) is 18.6 Å². The Hall–Kier alpha value is -1.54. The Balaban J connectivity index is 1.53. The van der Waals surface area contributed by atoms with E-state index in [0.717, 1.165) is 55.2 Å². The Labute approximate surface area is 167 Å². The molecule has 0 aromatic carbocycles. The maximum atomic E-state index is 5.49. The number of hydrogen-bond acceptors (Lipinski definition) is 6. The third kappa shape index (κ3) is 3.74. The van der Waals surface area contributed by atoms with Crippen LogP contribution in [0.5, 0.6) is 0 Å². The van der Waals surface area contributed by atoms with E-state index in [4.69, 9.17) is 14.7 Å². The van der Waals surface area contributed by atoms with Crippen LogP contribution in [0.1, 0.15) is 25.6 Å². The van der Waals surface area contributed by atoms with Gasteiger partial charge in [0.2, 0.25) is 0 Å². The second-order valence-electron chi connectivity index (χ2n) is 7.60. The van der Waals surface area contributed by atoms with E-state index in [2.05, 4.69) is 35.1 Å². The fraction of sp³-hybridized carbons (Fsp3) is 0.500. The first-order valence-electron chi connectivity index (χ1n) is 9.78. The number of fused-ring (bicyclic) bond motifs is 1. The molecule has 0 radical (unpaired) electrons. The van der Waals surface area contributed by atoms with Crippen LogP contribution in [-0.2, 0) is 11.3 Å². The summed E-state index contributed by atoms with van der Waals surface area (Å²) in [5.74, 6) is 2.75. The summed E-state index contributed by atoms with van der Waals surface area (Å²) in [4.78, 5) is 13.9. The number of hydrogen-bond donors (Lipinski definition) is 2. The van der Waals surface area contributed by atoms with Gasteiger partial charge in [0.25, 0.3) is 0 Å². The molecule has 3 aromatic heterocycles. The predicted octanol–water partition coefficient (Wildman–Crippen LogP) is 3.05. The van der Waals surface area contributed by atoms with Gasteiger partial charge >= 0.3 is 0 Å². The topological polar surface area (TPSA) is 51.5 Å². The number of morpholine rings is 1. The van der Waals surface area contributed by atoms with Crippen LogP contribution < -0.4 is 10.2 Å². The van der Waals surface area contributed by atoms with E-state index in [-0.39, 0.29) is 0 Å². The smallest absolute Gasteiger partial charge is 0.187 e. The number of aromatic nitrogens is 2. The molecule has 7 heteroatoms. The lowest BCUT2D eigenvalue weighted by Crippen LogP contribution is -3.12. The molecule has 1 aliphatic carbocycles. The Morgan fingerprint density at radius 1 is 1.26 bits per heavy atom. The number of thiophene rings is 2. The van der Waals surface area contributed by atoms with E-state index in [1.54, 1.807) is 22.7 Å². The molecule has 3 aromatic rings. The zero-order valence-electron chi connectivity index (χ0n) is 15.5. The van der Waals surface area contributed by atoms with Gasteiger partial charge in [0.15, 0.2) is 5.82 Å². The quantitative estimate of drug-likeness (QED) is 0.667. The zero-order chi connectivity index (χ0) is 18.2. The number of quaternary nitrogens is 1. The van der Waals surface area contributed by atoms with Crippen molar-refractivity contribution in [1.29, 1.82) is 0 Å². The summed E-state index contributed by atoms with van der Waals surface area (Å²) in [5, 5.41) is 9.30. The third-order valence-corrected chi connectivity index (χ3v) is 7.34. The lowest BCUT2D eigenvalue weighted by Gasteiger charge is -2.23. The minimum atomic E-state index is 0.461. The van der Waals surface area contributed by atoms with Gasteiger partial charge in [-0.15, -0.1) is 22.7 Å². The Morgan fingerprint density at radius 3 is 2.85 bits per heavy atom. The molecule has 4 heterocycles. The molecule has 0 unspecified atom stereocenters. The number of anilines is 1. The number of nitrogens with one attached hydrogen (secondary N) is 2. The van der Waals surface area contributed by atoms with Crippen LogP contribution in [0.3, 0.4) is 0 Å². The first-order valence-corrected chi connectivity index (χ1v) is 11.5. The highest BCUT2D eigenvalue weighted by Gasteiger charge is 2.29. The van der Waals surface area contributed by atoms with Crippen molar-refractivity contribution >= 4 is 38.7 Å². The van der Waals surface area contributed by atoms with Crippen LogP contribution >= 0.6 is 22.7 Å². The van der Waals surface area contributed by atoms with Crippen molar-refractivity contribution < 1.29 is 9.64 Å². The van der Waals surface area contributed by atoms with E-state index >= 15 is 0 Å². The summed E-state index contributed by atoms with van der Waals surface area (Å²) in [6.45, 7) is 6.90. The molecule has 2 N–H and O–H groups in total. The van der Waals surface area contributed by atoms with E-state index in [9.17, 15) is 0 Å². The van der Waals surface area contributed by atoms with Gasteiger partial charge in [0.1, 0.15) is 30.3 Å². The predicted molar refractivity (Wildman–Crippen MR) is 112 cm³/mol. The second kappa shape index (κ2) is 7.47. The zero-order valence-corrected chi connectivity index (χ0v) is 17.2. The largest absolute Gasteiger partial charge is 0.370 e. The van der Waals surface area contributed by atoms with Crippen LogP contribution in [-0.4, -0.2) is 42.3 Å². The summed E-state index contributed by atoms with van der Waals surface area (Å²) >= 11 is 3.51. The summed E-state index contributed by atoms with van der Waals surface area (Å²) in [6, 6.07) is 4.76. The van der Waals surface area contributed by atoms with E-state index in [1.165, 1.54) is 33.6 Å². The molecule has 27 heavy (non-hydrogen) atoms. The SMILES string of the molecule is C[C@@H](Nc1nc(C[NH+]2CCOCC2)nc2scc(-c3cccs3)c12)C1CC1. The minimum Gasteiger partial charge on any atom is -0.370 e. The van der Waals surface area contributed by atoms with E-state index < -0.39 is 0 Å². The van der Waals surface area contributed by atoms with Gasteiger partial charge in [0, 0.05) is 21.9 Å². The van der Waals surface area contributed by atoms with Crippen molar-refractivity contribution in [2.24, 2.45) is 5.92 Å². The lowest BCUT2D eigenvalue weighted by molar-refractivity contribution is -0.922. The van der Waals surface area contributed by atoms with Crippen molar-refractivity contribution in [3.63, 3.8) is 0 Å². The first kappa shape index (κ1) is 17.6. The van der Waals surface area contributed by atoms with Crippen LogP contribution in [0.2, 0.25) is 0 Å². The molecule has 2 aliphatic rings. The molecular formula is C20H25N4OS2+. The maximum Gasteiger partial charge on any atom is 0.187 e. The molecule has 1 atom stereocenters. The Morgan fingerprint density at radius 2 is 2.11 bits per heavy atom. The lowest BCUT2D eigenvalue weighted by atomic mass is 10.1. The van der Waals surface area contributed by atoms with Crippen LogP contribution in [0.15, 0.2) is 22.9 Å². The van der Waals surface area contributed by atoms with Crippen molar-refractivity contribution in [3.8, 4) is 10.4 Å². The standard InChI is InChI=1S/C20H24N4OS2/c1-13(14-4-5-14)21-19-18-15(16-3-2-10-26-16)12-27-20(18)23-17(22-19)11-24-6-8-25-9-7-24/h2-3,10,12-14H,4-9,11H2,1H3,(H,21,22,23)/p+1/t13-/m1/s1. The van der Waals surface area contributed by atoms with Crippen molar-refractivity contribution in [1.82, 2.24) is 9.97 Å². The summed E-state index contributed by atoms with van der Waals surface area (Å²) < 4.78 is 5.49. The number of ether oxygens (including phenoxy) is 1. The molecule has 0 bridgehead atoms. The van der Waals surface area contributed by atoms with Gasteiger partial charge in [-0.2, -0.15) is 0 Å². The fourth-order valence-electron chi connectivity index (χ4n) is 3.77. The highest BCUT2D eigenvalue weighted by molar-refractivity contribution is 7.18. The van der Waals surface area contributed by atoms with E-state index in [1.807, 2.05) is 0 Å². The average Bonchev–Trinajstić information content (AvgIpc) is 3.22. The highest BCUT2D eigenvalue weighted by Crippen LogP contribution is 2.40. The van der Waals surface area contributed by atoms with Crippen LogP contribution in [0.25, 0.3) is 20.7 Å². The molecular weight excluding hydrogens is 376 g/mol. The number of rotatable bonds is 6. The third-order valence-electron chi connectivity index (χ3n) is 5.57. The van der Waals surface area contributed by atoms with Crippen LogP contribution in [0.4, 0.5) is 5.82 Å². The summed E-state index contributed by atoms with van der Waals surface area (Å²) in [7, 11) is 0. The van der Waals surface area contributed by atoms with Gasteiger partial charge in [-0.05, 0) is 37.1 Å². The Bertz CT molecular complexity index is 914. The van der Waals surface area contributed by atoms with Gasteiger partial charge in [-0.25, -0.2) is 9.97 Å². The van der Waals surface area contributed by atoms with Crippen molar-refractivity contribution in [2.45, 2.75) is 32.4 Å². The van der Waals surface area contributed by atoms with Gasteiger partial charge < -0.3 is 15.0 Å². The highest BCUT2D eigenvalue weighted by atomic mass is 32.1. The summed E-state index contributed by atoms with van der Waals surface area (Å²) in [6.07, 6.45) is 2.66. The fourth-order valence-corrected chi connectivity index (χ4v) is 5.55. The minimum absolute atomic E-state index is 0.461. The monoisotopic (exact) mass is 401 g/mol. The second-order valence-corrected chi connectivity index (χ2v) is 9.41. The van der Waals surface area contributed by atoms with E-state index in [0.29, 0.717) is 6.04 Å².